The van der Waals surface area contributed by atoms with Crippen LogP contribution in [0.4, 0.5) is 0 Å². The van der Waals surface area contributed by atoms with Gasteiger partial charge < -0.3 is 0 Å². The third-order valence-corrected chi connectivity index (χ3v) is 5.28. The normalized spacial score (nSPS) is 11.7. The first-order valence-electron chi connectivity index (χ1n) is 5.32. The van der Waals surface area contributed by atoms with Crippen LogP contribution in [0.1, 0.15) is 12.8 Å². The van der Waals surface area contributed by atoms with E-state index < -0.39 is 10.0 Å². The van der Waals surface area contributed by atoms with Crippen molar-refractivity contribution in [1.29, 1.82) is 0 Å². The number of hydrogen-bond donors (Lipinski definition) is 0. The van der Waals surface area contributed by atoms with Gasteiger partial charge in [-0.05, 0) is 40.9 Å². The van der Waals surface area contributed by atoms with Gasteiger partial charge in [-0.2, -0.15) is 0 Å². The number of allylic oxidation sites excluding steroid dienone is 1. The van der Waals surface area contributed by atoms with E-state index in [-0.39, 0.29) is 0 Å². The summed E-state index contributed by atoms with van der Waals surface area (Å²) in [5.41, 5.74) is 0. The summed E-state index contributed by atoms with van der Waals surface area (Å²) in [4.78, 5) is 0.307. The molecule has 0 fully saturated rings. The molecule has 0 bridgehead atoms. The van der Waals surface area contributed by atoms with Crippen molar-refractivity contribution >= 4 is 26.0 Å². The summed E-state index contributed by atoms with van der Waals surface area (Å²) in [6.45, 7) is 4.11. The van der Waals surface area contributed by atoms with Gasteiger partial charge in [0.25, 0.3) is 0 Å². The monoisotopic (exact) mass is 317 g/mol. The van der Waals surface area contributed by atoms with Crippen LogP contribution in [0.2, 0.25) is 0 Å². The Morgan fingerprint density at radius 1 is 1.41 bits per heavy atom. The smallest absolute Gasteiger partial charge is 0.207 e. The summed E-state index contributed by atoms with van der Waals surface area (Å²) < 4.78 is 26.4. The molecule has 94 valence electrons. The zero-order valence-corrected chi connectivity index (χ0v) is 12.2. The highest BCUT2D eigenvalue weighted by atomic mass is 79.9. The Balaban J connectivity index is 2.88. The van der Waals surface area contributed by atoms with Gasteiger partial charge >= 0.3 is 0 Å². The number of sulfonamides is 1. The molecule has 0 atom stereocenters. The minimum atomic E-state index is -3.40. The van der Waals surface area contributed by atoms with Crippen LogP contribution in [-0.4, -0.2) is 26.3 Å². The fourth-order valence-corrected chi connectivity index (χ4v) is 3.57. The van der Waals surface area contributed by atoms with Crippen LogP contribution >= 0.6 is 15.9 Å². The SMILES string of the molecule is C=CCCCN(C)S(=O)(=O)c1ccccc1Br. The molecule has 0 aliphatic heterocycles. The van der Waals surface area contributed by atoms with Crippen LogP contribution in [0.5, 0.6) is 0 Å². The molecule has 5 heteroatoms. The topological polar surface area (TPSA) is 37.4 Å². The minimum Gasteiger partial charge on any atom is -0.207 e. The van der Waals surface area contributed by atoms with E-state index in [9.17, 15) is 8.42 Å². The average Bonchev–Trinajstić information content (AvgIpc) is 2.29. The maximum Gasteiger partial charge on any atom is 0.243 e. The molecule has 0 spiro atoms. The van der Waals surface area contributed by atoms with Gasteiger partial charge in [0.15, 0.2) is 0 Å². The molecule has 1 aromatic rings. The number of hydrogen-bond acceptors (Lipinski definition) is 2. The van der Waals surface area contributed by atoms with E-state index in [0.29, 0.717) is 15.9 Å². The highest BCUT2D eigenvalue weighted by molar-refractivity contribution is 9.10. The van der Waals surface area contributed by atoms with Gasteiger partial charge in [0.05, 0.1) is 4.90 Å². The standard InChI is InChI=1S/C12H16BrNO2S/c1-3-4-7-10-14(2)17(15,16)12-9-6-5-8-11(12)13/h3,5-6,8-9H,1,4,7,10H2,2H3. The molecule has 0 unspecified atom stereocenters. The van der Waals surface area contributed by atoms with E-state index in [1.165, 1.54) is 4.31 Å². The summed E-state index contributed by atoms with van der Waals surface area (Å²) in [6.07, 6.45) is 3.39. The van der Waals surface area contributed by atoms with Crippen molar-refractivity contribution in [3.05, 3.63) is 41.4 Å². The molecular weight excluding hydrogens is 302 g/mol. The molecule has 0 N–H and O–H groups in total. The molecule has 0 aliphatic rings. The Labute approximate surface area is 111 Å². The van der Waals surface area contributed by atoms with Gasteiger partial charge in [-0.1, -0.05) is 18.2 Å². The van der Waals surface area contributed by atoms with E-state index >= 15 is 0 Å². The fourth-order valence-electron chi connectivity index (χ4n) is 1.40. The van der Waals surface area contributed by atoms with E-state index in [1.54, 1.807) is 37.4 Å². The van der Waals surface area contributed by atoms with Crippen LogP contribution in [0.3, 0.4) is 0 Å². The predicted octanol–water partition coefficient (Wildman–Crippen LogP) is 3.04. The van der Waals surface area contributed by atoms with Gasteiger partial charge in [0.2, 0.25) is 10.0 Å². The molecule has 0 saturated carbocycles. The van der Waals surface area contributed by atoms with E-state index in [1.807, 2.05) is 0 Å². The maximum atomic E-state index is 12.2. The molecule has 0 saturated heterocycles. The second-order valence-corrected chi connectivity index (χ2v) is 6.56. The predicted molar refractivity (Wildman–Crippen MR) is 73.4 cm³/mol. The third-order valence-electron chi connectivity index (χ3n) is 2.41. The van der Waals surface area contributed by atoms with Gasteiger partial charge in [0, 0.05) is 18.1 Å². The second-order valence-electron chi connectivity index (χ2n) is 3.69. The summed E-state index contributed by atoms with van der Waals surface area (Å²) in [7, 11) is -1.80. The molecule has 0 radical (unpaired) electrons. The van der Waals surface area contributed by atoms with Crippen LogP contribution in [0.25, 0.3) is 0 Å². The van der Waals surface area contributed by atoms with Crippen molar-refractivity contribution in [2.24, 2.45) is 0 Å². The van der Waals surface area contributed by atoms with E-state index in [0.717, 1.165) is 12.8 Å². The molecule has 1 aromatic carbocycles. The molecule has 0 aromatic heterocycles. The summed E-state index contributed by atoms with van der Waals surface area (Å²) >= 11 is 3.26. The number of unbranched alkanes of at least 4 members (excludes halogenated alkanes) is 1. The Bertz CT molecular complexity index is 485. The quantitative estimate of drug-likeness (QED) is 0.597. The third kappa shape index (κ3) is 3.66. The maximum absolute atomic E-state index is 12.2. The first-order valence-corrected chi connectivity index (χ1v) is 7.55. The van der Waals surface area contributed by atoms with Crippen molar-refractivity contribution in [2.75, 3.05) is 13.6 Å². The first-order chi connectivity index (χ1) is 8.00. The van der Waals surface area contributed by atoms with Crippen molar-refractivity contribution < 1.29 is 8.42 Å². The van der Waals surface area contributed by atoms with E-state index in [4.69, 9.17) is 0 Å². The Kier molecular flexibility index (Phi) is 5.36. The van der Waals surface area contributed by atoms with Crippen molar-refractivity contribution in [2.45, 2.75) is 17.7 Å². The highest BCUT2D eigenvalue weighted by Gasteiger charge is 2.22. The number of nitrogens with zero attached hydrogens (tertiary/aromatic N) is 1. The Morgan fingerprint density at radius 2 is 2.06 bits per heavy atom. The molecule has 0 amide bonds. The minimum absolute atomic E-state index is 0.307. The van der Waals surface area contributed by atoms with Crippen LogP contribution < -0.4 is 0 Å². The number of rotatable bonds is 6. The molecule has 17 heavy (non-hydrogen) atoms. The first kappa shape index (κ1) is 14.4. The Morgan fingerprint density at radius 3 is 2.65 bits per heavy atom. The fraction of sp³-hybridized carbons (Fsp3) is 0.333. The lowest BCUT2D eigenvalue weighted by Gasteiger charge is -2.17. The lowest BCUT2D eigenvalue weighted by molar-refractivity contribution is 0.462. The second kappa shape index (κ2) is 6.33. The number of halogens is 1. The lowest BCUT2D eigenvalue weighted by Crippen LogP contribution is -2.28. The molecule has 3 nitrogen and oxygen atoms in total. The molecule has 0 heterocycles. The summed E-state index contributed by atoms with van der Waals surface area (Å²) in [6, 6.07) is 6.84. The number of benzene rings is 1. The zero-order valence-electron chi connectivity index (χ0n) is 9.77. The van der Waals surface area contributed by atoms with E-state index in [2.05, 4.69) is 22.5 Å². The highest BCUT2D eigenvalue weighted by Crippen LogP contribution is 2.23. The van der Waals surface area contributed by atoms with Gasteiger partial charge in [-0.3, -0.25) is 0 Å². The lowest BCUT2D eigenvalue weighted by atomic mass is 10.3. The van der Waals surface area contributed by atoms with Crippen LogP contribution in [-0.2, 0) is 10.0 Å². The largest absolute Gasteiger partial charge is 0.243 e. The van der Waals surface area contributed by atoms with Crippen LogP contribution in [0.15, 0.2) is 46.3 Å². The van der Waals surface area contributed by atoms with Crippen molar-refractivity contribution in [1.82, 2.24) is 4.31 Å². The van der Waals surface area contributed by atoms with Gasteiger partial charge in [0.1, 0.15) is 0 Å². The van der Waals surface area contributed by atoms with Gasteiger partial charge in [-0.25, -0.2) is 12.7 Å². The van der Waals surface area contributed by atoms with Gasteiger partial charge in [-0.15, -0.1) is 6.58 Å². The zero-order chi connectivity index (χ0) is 12.9. The van der Waals surface area contributed by atoms with Crippen molar-refractivity contribution in [3.8, 4) is 0 Å². The van der Waals surface area contributed by atoms with Crippen LogP contribution in [0, 0.1) is 0 Å². The average molecular weight is 318 g/mol. The summed E-state index contributed by atoms with van der Waals surface area (Å²) in [5, 5.41) is 0. The summed E-state index contributed by atoms with van der Waals surface area (Å²) in [5.74, 6) is 0. The Hall–Kier alpha value is -0.650. The molecular formula is C12H16BrNO2S. The molecule has 1 rings (SSSR count). The van der Waals surface area contributed by atoms with Crippen molar-refractivity contribution in [3.63, 3.8) is 0 Å². The molecule has 0 aliphatic carbocycles.